The van der Waals surface area contributed by atoms with Crippen LogP contribution < -0.4 is 5.32 Å². The predicted molar refractivity (Wildman–Crippen MR) is 50.4 cm³/mol. The SMILES string of the molecule is CCNC(C)=C(C(=O)OC)C(=O)OC. The average molecular weight is 201 g/mol. The molecule has 0 aliphatic rings. The van der Waals surface area contributed by atoms with Crippen molar-refractivity contribution in [1.82, 2.24) is 5.32 Å². The van der Waals surface area contributed by atoms with Gasteiger partial charge in [0.2, 0.25) is 0 Å². The minimum atomic E-state index is -0.699. The monoisotopic (exact) mass is 201 g/mol. The van der Waals surface area contributed by atoms with Gasteiger partial charge in [0.15, 0.2) is 5.57 Å². The van der Waals surface area contributed by atoms with Crippen LogP contribution in [0.5, 0.6) is 0 Å². The van der Waals surface area contributed by atoms with E-state index in [1.165, 1.54) is 14.2 Å². The second-order valence-electron chi connectivity index (χ2n) is 2.51. The first kappa shape index (κ1) is 12.5. The van der Waals surface area contributed by atoms with E-state index in [9.17, 15) is 9.59 Å². The lowest BCUT2D eigenvalue weighted by atomic mass is 10.2. The van der Waals surface area contributed by atoms with Crippen LogP contribution in [-0.2, 0) is 19.1 Å². The fraction of sp³-hybridized carbons (Fsp3) is 0.556. The maximum atomic E-state index is 11.2. The van der Waals surface area contributed by atoms with E-state index < -0.39 is 11.9 Å². The highest BCUT2D eigenvalue weighted by Gasteiger charge is 2.22. The van der Waals surface area contributed by atoms with E-state index in [-0.39, 0.29) is 5.57 Å². The molecule has 0 aliphatic carbocycles. The minimum absolute atomic E-state index is 0.100. The van der Waals surface area contributed by atoms with Gasteiger partial charge in [0, 0.05) is 12.2 Å². The van der Waals surface area contributed by atoms with Crippen molar-refractivity contribution < 1.29 is 19.1 Å². The molecule has 0 bridgehead atoms. The molecule has 80 valence electrons. The number of carbonyl (C=O) groups is 2. The lowest BCUT2D eigenvalue weighted by Gasteiger charge is -2.09. The van der Waals surface area contributed by atoms with Gasteiger partial charge < -0.3 is 14.8 Å². The van der Waals surface area contributed by atoms with Crippen molar-refractivity contribution in [3.8, 4) is 0 Å². The van der Waals surface area contributed by atoms with Crippen LogP contribution in [-0.4, -0.2) is 32.7 Å². The topological polar surface area (TPSA) is 64.6 Å². The quantitative estimate of drug-likeness (QED) is 0.305. The highest BCUT2D eigenvalue weighted by molar-refractivity contribution is 6.14. The Balaban J connectivity index is 4.97. The lowest BCUT2D eigenvalue weighted by molar-refractivity contribution is -0.144. The maximum absolute atomic E-state index is 11.2. The summed E-state index contributed by atoms with van der Waals surface area (Å²) in [4.78, 5) is 22.4. The highest BCUT2D eigenvalue weighted by Crippen LogP contribution is 2.05. The Morgan fingerprint density at radius 1 is 1.14 bits per heavy atom. The fourth-order valence-electron chi connectivity index (χ4n) is 0.947. The van der Waals surface area contributed by atoms with Crippen LogP contribution >= 0.6 is 0 Å². The van der Waals surface area contributed by atoms with Gasteiger partial charge in [-0.25, -0.2) is 9.59 Å². The summed E-state index contributed by atoms with van der Waals surface area (Å²) >= 11 is 0. The zero-order chi connectivity index (χ0) is 11.1. The van der Waals surface area contributed by atoms with Crippen molar-refractivity contribution in [2.75, 3.05) is 20.8 Å². The Hall–Kier alpha value is -1.52. The summed E-state index contributed by atoms with van der Waals surface area (Å²) < 4.78 is 8.93. The molecule has 0 aromatic rings. The van der Waals surface area contributed by atoms with Crippen molar-refractivity contribution in [2.24, 2.45) is 0 Å². The number of hydrogen-bond acceptors (Lipinski definition) is 5. The molecule has 1 N–H and O–H groups in total. The molecule has 0 aromatic carbocycles. The third-order valence-electron chi connectivity index (χ3n) is 1.60. The zero-order valence-corrected chi connectivity index (χ0v) is 8.84. The highest BCUT2D eigenvalue weighted by atomic mass is 16.5. The standard InChI is InChI=1S/C9H15NO4/c1-5-10-6(2)7(8(11)13-3)9(12)14-4/h10H,5H2,1-4H3. The van der Waals surface area contributed by atoms with Gasteiger partial charge in [-0.1, -0.05) is 0 Å². The molecule has 0 radical (unpaired) electrons. The Bertz CT molecular complexity index is 240. The van der Waals surface area contributed by atoms with Gasteiger partial charge in [0.25, 0.3) is 0 Å². The minimum Gasteiger partial charge on any atom is -0.465 e. The van der Waals surface area contributed by atoms with E-state index in [1.54, 1.807) is 6.92 Å². The van der Waals surface area contributed by atoms with E-state index in [1.807, 2.05) is 6.92 Å². The molecule has 14 heavy (non-hydrogen) atoms. The number of ether oxygens (including phenoxy) is 2. The molecule has 0 heterocycles. The molecule has 5 heteroatoms. The number of nitrogens with one attached hydrogen (secondary N) is 1. The second-order valence-corrected chi connectivity index (χ2v) is 2.51. The molecule has 5 nitrogen and oxygen atoms in total. The van der Waals surface area contributed by atoms with Crippen LogP contribution in [0, 0.1) is 0 Å². The average Bonchev–Trinajstić information content (AvgIpc) is 2.17. The third-order valence-corrected chi connectivity index (χ3v) is 1.60. The predicted octanol–water partition coefficient (Wildman–Crippen LogP) is 0.216. The Morgan fingerprint density at radius 3 is 1.86 bits per heavy atom. The van der Waals surface area contributed by atoms with Gasteiger partial charge in [0.05, 0.1) is 14.2 Å². The molecule has 0 spiro atoms. The van der Waals surface area contributed by atoms with Gasteiger partial charge in [-0.2, -0.15) is 0 Å². The summed E-state index contributed by atoms with van der Waals surface area (Å²) in [5.74, 6) is -1.40. The summed E-state index contributed by atoms with van der Waals surface area (Å²) in [7, 11) is 2.43. The number of hydrogen-bond donors (Lipinski definition) is 1. The summed E-state index contributed by atoms with van der Waals surface area (Å²) in [6.07, 6.45) is 0. The van der Waals surface area contributed by atoms with Gasteiger partial charge >= 0.3 is 11.9 Å². The molecular weight excluding hydrogens is 186 g/mol. The zero-order valence-electron chi connectivity index (χ0n) is 8.84. The molecule has 0 rings (SSSR count). The van der Waals surface area contributed by atoms with Gasteiger partial charge in [-0.15, -0.1) is 0 Å². The van der Waals surface area contributed by atoms with E-state index in [0.29, 0.717) is 12.2 Å². The lowest BCUT2D eigenvalue weighted by Crippen LogP contribution is -2.23. The Morgan fingerprint density at radius 2 is 1.57 bits per heavy atom. The molecule has 0 atom stereocenters. The van der Waals surface area contributed by atoms with Gasteiger partial charge in [-0.3, -0.25) is 0 Å². The Kier molecular flexibility index (Phi) is 5.36. The second kappa shape index (κ2) is 6.01. The molecular formula is C9H15NO4. The number of rotatable bonds is 4. The molecule has 0 fully saturated rings. The van der Waals surface area contributed by atoms with Crippen molar-refractivity contribution >= 4 is 11.9 Å². The summed E-state index contributed by atoms with van der Waals surface area (Å²) in [6, 6.07) is 0. The fourth-order valence-corrected chi connectivity index (χ4v) is 0.947. The smallest absolute Gasteiger partial charge is 0.347 e. The van der Waals surface area contributed by atoms with Crippen LogP contribution in [0.15, 0.2) is 11.3 Å². The van der Waals surface area contributed by atoms with Crippen LogP contribution in [0.4, 0.5) is 0 Å². The Labute approximate surface area is 83.1 Å². The van der Waals surface area contributed by atoms with E-state index in [2.05, 4.69) is 14.8 Å². The first-order valence-corrected chi connectivity index (χ1v) is 4.19. The van der Waals surface area contributed by atoms with Crippen molar-refractivity contribution in [2.45, 2.75) is 13.8 Å². The van der Waals surface area contributed by atoms with Crippen molar-refractivity contribution in [1.29, 1.82) is 0 Å². The summed E-state index contributed by atoms with van der Waals surface area (Å²) in [5, 5.41) is 2.85. The number of allylic oxidation sites excluding steroid dienone is 1. The van der Waals surface area contributed by atoms with E-state index in [0.717, 1.165) is 0 Å². The third kappa shape index (κ3) is 3.08. The largest absolute Gasteiger partial charge is 0.465 e. The van der Waals surface area contributed by atoms with E-state index >= 15 is 0 Å². The van der Waals surface area contributed by atoms with Crippen LogP contribution in [0.1, 0.15) is 13.8 Å². The molecule has 0 aromatic heterocycles. The van der Waals surface area contributed by atoms with E-state index in [4.69, 9.17) is 0 Å². The molecule has 0 unspecified atom stereocenters. The molecule has 0 saturated heterocycles. The normalized spacial score (nSPS) is 8.86. The van der Waals surface area contributed by atoms with Crippen molar-refractivity contribution in [3.05, 3.63) is 11.3 Å². The van der Waals surface area contributed by atoms with Crippen LogP contribution in [0.2, 0.25) is 0 Å². The maximum Gasteiger partial charge on any atom is 0.347 e. The van der Waals surface area contributed by atoms with Crippen LogP contribution in [0.25, 0.3) is 0 Å². The van der Waals surface area contributed by atoms with Crippen LogP contribution in [0.3, 0.4) is 0 Å². The number of esters is 2. The number of carbonyl (C=O) groups excluding carboxylic acids is 2. The number of methoxy groups -OCH3 is 2. The van der Waals surface area contributed by atoms with Crippen molar-refractivity contribution in [3.63, 3.8) is 0 Å². The van der Waals surface area contributed by atoms with Gasteiger partial charge in [-0.05, 0) is 13.8 Å². The molecule has 0 amide bonds. The molecule has 0 aliphatic heterocycles. The summed E-state index contributed by atoms with van der Waals surface area (Å²) in [6.45, 7) is 4.09. The summed E-state index contributed by atoms with van der Waals surface area (Å²) in [5.41, 5.74) is 0.350. The van der Waals surface area contributed by atoms with Gasteiger partial charge in [0.1, 0.15) is 0 Å². The first-order valence-electron chi connectivity index (χ1n) is 4.19. The molecule has 0 saturated carbocycles. The first-order chi connectivity index (χ1) is 6.58.